The van der Waals surface area contributed by atoms with Crippen molar-refractivity contribution >= 4 is 0 Å². The highest BCUT2D eigenvalue weighted by atomic mass is 16.2. The Kier molecular flexibility index (Phi) is 19.6. The Balaban J connectivity index is 0. The first-order chi connectivity index (χ1) is 4.33. The smallest absolute Gasteiger partial charge is 0.0402 e. The van der Waals surface area contributed by atoms with Gasteiger partial charge in [-0.2, -0.15) is 0 Å². The number of aliphatic hydroxyl groups is 1. The number of rotatable bonds is 1. The van der Waals surface area contributed by atoms with Crippen molar-refractivity contribution in [1.82, 2.24) is 0 Å². The molecule has 0 unspecified atom stereocenters. The second-order valence-electron chi connectivity index (χ2n) is 1.37. The largest absolute Gasteiger partial charge is 0.397 e. The Hall–Kier alpha value is -0.560. The predicted molar refractivity (Wildman–Crippen MR) is 42.4 cm³/mol. The summed E-state index contributed by atoms with van der Waals surface area (Å²) in [7, 11) is 0. The first-order valence-electron chi connectivity index (χ1n) is 3.18. The van der Waals surface area contributed by atoms with Crippen molar-refractivity contribution in [3.8, 4) is 0 Å². The Morgan fingerprint density at radius 1 is 1.11 bits per heavy atom. The van der Waals surface area contributed by atoms with E-state index in [1.165, 1.54) is 0 Å². The van der Waals surface area contributed by atoms with Crippen molar-refractivity contribution in [2.24, 2.45) is 0 Å². The molecule has 1 heteroatoms. The molecule has 0 aromatic carbocycles. The third-order valence-corrected chi connectivity index (χ3v) is 0.496. The minimum atomic E-state index is 0.250. The third-order valence-electron chi connectivity index (χ3n) is 0.496. The molecule has 1 nitrogen and oxygen atoms in total. The lowest BCUT2D eigenvalue weighted by Gasteiger charge is -1.62. The topological polar surface area (TPSA) is 20.2 Å². The van der Waals surface area contributed by atoms with Crippen LogP contribution in [0.25, 0.3) is 0 Å². The fraction of sp³-hybridized carbons (Fsp3) is 0.500. The van der Waals surface area contributed by atoms with Gasteiger partial charge in [-0.15, -0.1) is 0 Å². The molecular weight excluding hydrogens is 112 g/mol. The fourth-order valence-electron chi connectivity index (χ4n) is 0.222. The van der Waals surface area contributed by atoms with E-state index >= 15 is 0 Å². The molecule has 0 spiro atoms. The van der Waals surface area contributed by atoms with Crippen LogP contribution in [0.5, 0.6) is 0 Å². The SMILES string of the molecule is C/C=C/C=C/C.CCO. The van der Waals surface area contributed by atoms with E-state index in [9.17, 15) is 0 Å². The van der Waals surface area contributed by atoms with E-state index in [4.69, 9.17) is 5.11 Å². The number of aliphatic hydroxyl groups excluding tert-OH is 1. The Morgan fingerprint density at radius 2 is 1.33 bits per heavy atom. The monoisotopic (exact) mass is 128 g/mol. The van der Waals surface area contributed by atoms with Crippen LogP contribution in [0, 0.1) is 0 Å². The lowest BCUT2D eigenvalue weighted by Crippen LogP contribution is -1.57. The van der Waals surface area contributed by atoms with Gasteiger partial charge in [0.1, 0.15) is 0 Å². The van der Waals surface area contributed by atoms with Gasteiger partial charge in [0.25, 0.3) is 0 Å². The van der Waals surface area contributed by atoms with Crippen LogP contribution in [0.1, 0.15) is 20.8 Å². The van der Waals surface area contributed by atoms with Gasteiger partial charge in [-0.05, 0) is 20.8 Å². The summed E-state index contributed by atoms with van der Waals surface area (Å²) in [6.45, 7) is 5.93. The normalized spacial score (nSPS) is 9.78. The van der Waals surface area contributed by atoms with Crippen LogP contribution in [0.4, 0.5) is 0 Å². The van der Waals surface area contributed by atoms with Gasteiger partial charge >= 0.3 is 0 Å². The van der Waals surface area contributed by atoms with Gasteiger partial charge in [-0.25, -0.2) is 0 Å². The molecule has 0 aliphatic heterocycles. The number of allylic oxidation sites excluding steroid dienone is 4. The summed E-state index contributed by atoms with van der Waals surface area (Å²) < 4.78 is 0. The highest BCUT2D eigenvalue weighted by molar-refractivity contribution is 4.98. The molecule has 0 rings (SSSR count). The van der Waals surface area contributed by atoms with Crippen LogP contribution in [0.15, 0.2) is 24.3 Å². The Bertz CT molecular complexity index is 62.6. The molecule has 0 aliphatic rings. The molecule has 0 heterocycles. The lowest BCUT2D eigenvalue weighted by molar-refractivity contribution is 0.318. The van der Waals surface area contributed by atoms with Crippen molar-refractivity contribution in [2.45, 2.75) is 20.8 Å². The quantitative estimate of drug-likeness (QED) is 0.536. The van der Waals surface area contributed by atoms with Crippen molar-refractivity contribution in [1.29, 1.82) is 0 Å². The first kappa shape index (κ1) is 11.3. The molecular formula is C8H16O. The van der Waals surface area contributed by atoms with Gasteiger partial charge in [-0.3, -0.25) is 0 Å². The van der Waals surface area contributed by atoms with Crippen molar-refractivity contribution in [2.75, 3.05) is 6.61 Å². The molecule has 9 heavy (non-hydrogen) atoms. The van der Waals surface area contributed by atoms with Gasteiger partial charge in [0.05, 0.1) is 0 Å². The van der Waals surface area contributed by atoms with E-state index < -0.39 is 0 Å². The molecule has 0 amide bonds. The predicted octanol–water partition coefficient (Wildman–Crippen LogP) is 2.14. The van der Waals surface area contributed by atoms with E-state index in [-0.39, 0.29) is 6.61 Å². The van der Waals surface area contributed by atoms with E-state index in [0.717, 1.165) is 0 Å². The molecule has 0 aromatic heterocycles. The molecule has 0 radical (unpaired) electrons. The standard InChI is InChI=1S/C6H10.C2H6O/c1-3-5-6-4-2;1-2-3/h3-6H,1-2H3;3H,2H2,1H3/b5-3+,6-4+;. The fourth-order valence-corrected chi connectivity index (χ4v) is 0.222. The van der Waals surface area contributed by atoms with E-state index in [2.05, 4.69) is 0 Å². The van der Waals surface area contributed by atoms with Crippen LogP contribution in [-0.2, 0) is 0 Å². The summed E-state index contributed by atoms with van der Waals surface area (Å²) in [5.74, 6) is 0. The van der Waals surface area contributed by atoms with Gasteiger partial charge in [-0.1, -0.05) is 24.3 Å². The molecule has 0 atom stereocenters. The molecule has 54 valence electrons. The first-order valence-corrected chi connectivity index (χ1v) is 3.18. The molecule has 1 N–H and O–H groups in total. The van der Waals surface area contributed by atoms with Crippen LogP contribution in [-0.4, -0.2) is 11.7 Å². The minimum Gasteiger partial charge on any atom is -0.397 e. The van der Waals surface area contributed by atoms with Crippen LogP contribution in [0.2, 0.25) is 0 Å². The van der Waals surface area contributed by atoms with Crippen LogP contribution >= 0.6 is 0 Å². The summed E-state index contributed by atoms with van der Waals surface area (Å²) in [5, 5.41) is 7.57. The summed E-state index contributed by atoms with van der Waals surface area (Å²) in [4.78, 5) is 0. The average molecular weight is 128 g/mol. The second kappa shape index (κ2) is 15.7. The average Bonchev–Trinajstić information content (AvgIpc) is 1.86. The summed E-state index contributed by atoms with van der Waals surface area (Å²) in [6, 6.07) is 0. The van der Waals surface area contributed by atoms with Gasteiger partial charge in [0, 0.05) is 6.61 Å². The zero-order valence-electron chi connectivity index (χ0n) is 6.46. The van der Waals surface area contributed by atoms with Gasteiger partial charge in [0.15, 0.2) is 0 Å². The number of hydrogen-bond acceptors (Lipinski definition) is 1. The summed E-state index contributed by atoms with van der Waals surface area (Å²) in [6.07, 6.45) is 8.00. The maximum Gasteiger partial charge on any atom is 0.0402 e. The van der Waals surface area contributed by atoms with Crippen molar-refractivity contribution < 1.29 is 5.11 Å². The third kappa shape index (κ3) is 37.0. The molecule has 0 aliphatic carbocycles. The molecule has 0 saturated carbocycles. The zero-order chi connectivity index (χ0) is 7.54. The van der Waals surface area contributed by atoms with Crippen LogP contribution in [0.3, 0.4) is 0 Å². The van der Waals surface area contributed by atoms with Crippen LogP contribution < -0.4 is 0 Å². The van der Waals surface area contributed by atoms with Gasteiger partial charge < -0.3 is 5.11 Å². The van der Waals surface area contributed by atoms with E-state index in [1.807, 2.05) is 38.2 Å². The highest BCUT2D eigenvalue weighted by Crippen LogP contribution is 1.71. The minimum absolute atomic E-state index is 0.250. The maximum atomic E-state index is 7.57. The zero-order valence-corrected chi connectivity index (χ0v) is 6.46. The summed E-state index contributed by atoms with van der Waals surface area (Å²) >= 11 is 0. The van der Waals surface area contributed by atoms with E-state index in [1.54, 1.807) is 6.92 Å². The molecule has 0 bridgehead atoms. The summed E-state index contributed by atoms with van der Waals surface area (Å²) in [5.41, 5.74) is 0. The molecule has 0 saturated heterocycles. The number of hydrogen-bond donors (Lipinski definition) is 1. The Morgan fingerprint density at radius 3 is 1.44 bits per heavy atom. The molecule has 0 fully saturated rings. The van der Waals surface area contributed by atoms with Crippen molar-refractivity contribution in [3.63, 3.8) is 0 Å². The maximum absolute atomic E-state index is 7.57. The molecule has 0 aromatic rings. The van der Waals surface area contributed by atoms with E-state index in [0.29, 0.717) is 0 Å². The van der Waals surface area contributed by atoms with Gasteiger partial charge in [0.2, 0.25) is 0 Å². The lowest BCUT2D eigenvalue weighted by atomic mass is 10.5. The van der Waals surface area contributed by atoms with Crippen molar-refractivity contribution in [3.05, 3.63) is 24.3 Å². The second-order valence-corrected chi connectivity index (χ2v) is 1.37. The Labute approximate surface area is 57.7 Å². The highest BCUT2D eigenvalue weighted by Gasteiger charge is 1.48.